The summed E-state index contributed by atoms with van der Waals surface area (Å²) in [5, 5.41) is 12.3. The van der Waals surface area contributed by atoms with Crippen molar-refractivity contribution < 1.29 is 33.7 Å². The van der Waals surface area contributed by atoms with E-state index in [1.165, 1.54) is 43.4 Å². The molecule has 3 aromatic carbocycles. The molecule has 1 heterocycles. The minimum absolute atomic E-state index is 0.0222. The van der Waals surface area contributed by atoms with Gasteiger partial charge in [-0.2, -0.15) is 0 Å². The Morgan fingerprint density at radius 3 is 2.29 bits per heavy atom. The maximum Gasteiger partial charge on any atom is 0.339 e. The lowest BCUT2D eigenvalue weighted by Gasteiger charge is -2.29. The van der Waals surface area contributed by atoms with Crippen LogP contribution in [-0.4, -0.2) is 43.8 Å². The number of ether oxygens (including phenoxy) is 3. The molecule has 0 saturated heterocycles. The fourth-order valence-electron chi connectivity index (χ4n) is 4.01. The van der Waals surface area contributed by atoms with Crippen LogP contribution in [0.4, 0.5) is 5.69 Å². The topological polar surface area (TPSA) is 102 Å². The van der Waals surface area contributed by atoms with E-state index >= 15 is 0 Å². The lowest BCUT2D eigenvalue weighted by atomic mass is 10.1. The minimum Gasteiger partial charge on any atom is -0.502 e. The molecular formula is C29H22Cl3NO7S. The van der Waals surface area contributed by atoms with Crippen LogP contribution < -0.4 is 9.64 Å². The van der Waals surface area contributed by atoms with Crippen LogP contribution in [0.2, 0.25) is 15.1 Å². The van der Waals surface area contributed by atoms with Gasteiger partial charge in [0.05, 0.1) is 36.4 Å². The van der Waals surface area contributed by atoms with Crippen molar-refractivity contribution in [3.05, 3.63) is 110 Å². The van der Waals surface area contributed by atoms with E-state index in [-0.39, 0.29) is 28.5 Å². The fourth-order valence-corrected chi connectivity index (χ4v) is 5.64. The first-order valence-corrected chi connectivity index (χ1v) is 13.8. The number of carbonyl (C=O) groups is 3. The Morgan fingerprint density at radius 2 is 1.61 bits per heavy atom. The first-order chi connectivity index (χ1) is 19.6. The Morgan fingerprint density at radius 1 is 0.951 bits per heavy atom. The van der Waals surface area contributed by atoms with Gasteiger partial charge in [-0.25, -0.2) is 9.59 Å². The Bertz CT molecular complexity index is 1560. The third-order valence-corrected chi connectivity index (χ3v) is 7.82. The van der Waals surface area contributed by atoms with Gasteiger partial charge in [0, 0.05) is 26.0 Å². The number of nitrogens with zero attached hydrogens (tertiary/aromatic N) is 1. The molecule has 1 atom stereocenters. The quantitative estimate of drug-likeness (QED) is 0.195. The lowest BCUT2D eigenvalue weighted by Crippen LogP contribution is -2.30. The number of carbonyl (C=O) groups excluding carboxylic acids is 3. The number of aliphatic hydroxyl groups excluding tert-OH is 1. The summed E-state index contributed by atoms with van der Waals surface area (Å²) in [5.41, 5.74) is 1.04. The molecule has 1 aliphatic rings. The highest BCUT2D eigenvalue weighted by atomic mass is 35.5. The summed E-state index contributed by atoms with van der Waals surface area (Å²) in [6, 6.07) is 15.2. The molecule has 212 valence electrons. The molecule has 1 N–H and O–H groups in total. The van der Waals surface area contributed by atoms with E-state index in [2.05, 4.69) is 4.74 Å². The second-order valence-corrected chi connectivity index (χ2v) is 10.8. The molecule has 8 nitrogen and oxygen atoms in total. The molecule has 12 heteroatoms. The van der Waals surface area contributed by atoms with Crippen LogP contribution in [0.25, 0.3) is 0 Å². The van der Waals surface area contributed by atoms with Gasteiger partial charge in [-0.3, -0.25) is 9.69 Å². The predicted molar refractivity (Wildman–Crippen MR) is 158 cm³/mol. The van der Waals surface area contributed by atoms with Crippen LogP contribution in [0.5, 0.6) is 5.75 Å². The van der Waals surface area contributed by atoms with E-state index in [1.54, 1.807) is 48.5 Å². The van der Waals surface area contributed by atoms with Crippen LogP contribution in [0.3, 0.4) is 0 Å². The molecule has 3 aromatic rings. The maximum atomic E-state index is 13.7. The van der Waals surface area contributed by atoms with Crippen molar-refractivity contribution in [2.45, 2.75) is 10.9 Å². The summed E-state index contributed by atoms with van der Waals surface area (Å²) in [7, 11) is 2.50. The van der Waals surface area contributed by atoms with Gasteiger partial charge in [0.1, 0.15) is 12.4 Å². The SMILES string of the molecule is COC(=O)/C=C/COc1ccc(Cl)cc1N1C(=O)C(O)=C(Sc2ccc(Cl)cc2C(=O)OC)C1c1ccc(Cl)cc1. The van der Waals surface area contributed by atoms with Crippen molar-refractivity contribution in [1.29, 1.82) is 0 Å². The summed E-state index contributed by atoms with van der Waals surface area (Å²) in [6.45, 7) is -0.0222. The Labute approximate surface area is 255 Å². The first kappa shape index (κ1) is 30.3. The second kappa shape index (κ2) is 13.4. The normalized spacial score (nSPS) is 15.0. The van der Waals surface area contributed by atoms with Crippen molar-refractivity contribution in [2.75, 3.05) is 25.7 Å². The molecule has 4 rings (SSSR count). The van der Waals surface area contributed by atoms with Crippen molar-refractivity contribution in [3.63, 3.8) is 0 Å². The van der Waals surface area contributed by atoms with Gasteiger partial charge in [-0.1, -0.05) is 58.7 Å². The Balaban J connectivity index is 1.81. The molecule has 0 aliphatic carbocycles. The van der Waals surface area contributed by atoms with Gasteiger partial charge in [-0.05, 0) is 60.2 Å². The van der Waals surface area contributed by atoms with E-state index in [1.807, 2.05) is 0 Å². The lowest BCUT2D eigenvalue weighted by molar-refractivity contribution is -0.134. The molecule has 0 saturated carbocycles. The standard InChI is InChI=1S/C29H22Cl3NO7S/c1-38-24(34)4-3-13-40-22-11-9-19(32)15-21(22)33-25(16-5-7-17(30)8-6-16)27(26(35)28(33)36)41-23-12-10-18(31)14-20(23)29(37)39-2/h3-12,14-15,25,35H,13H2,1-2H3/b4-3+. The highest BCUT2D eigenvalue weighted by molar-refractivity contribution is 8.03. The van der Waals surface area contributed by atoms with E-state index in [0.29, 0.717) is 25.5 Å². The molecule has 0 bridgehead atoms. The van der Waals surface area contributed by atoms with Gasteiger partial charge in [0.15, 0.2) is 5.76 Å². The van der Waals surface area contributed by atoms with E-state index in [9.17, 15) is 19.5 Å². The van der Waals surface area contributed by atoms with Crippen LogP contribution in [0.1, 0.15) is 22.0 Å². The summed E-state index contributed by atoms with van der Waals surface area (Å²) in [6.07, 6.45) is 2.67. The molecule has 1 amide bonds. The van der Waals surface area contributed by atoms with Gasteiger partial charge in [0.2, 0.25) is 0 Å². The first-order valence-electron chi connectivity index (χ1n) is 11.9. The average molecular weight is 635 g/mol. The van der Waals surface area contributed by atoms with Gasteiger partial charge in [0.25, 0.3) is 5.91 Å². The number of rotatable bonds is 9. The van der Waals surface area contributed by atoms with E-state index < -0.39 is 29.6 Å². The molecule has 0 spiro atoms. The summed E-state index contributed by atoms with van der Waals surface area (Å²) >= 11 is 19.6. The molecule has 1 aliphatic heterocycles. The van der Waals surface area contributed by atoms with Crippen molar-refractivity contribution in [3.8, 4) is 5.75 Å². The van der Waals surface area contributed by atoms with Crippen molar-refractivity contribution in [1.82, 2.24) is 0 Å². The van der Waals surface area contributed by atoms with E-state index in [0.717, 1.165) is 11.8 Å². The van der Waals surface area contributed by atoms with Crippen LogP contribution in [0.15, 0.2) is 88.4 Å². The number of hydrogen-bond donors (Lipinski definition) is 1. The van der Waals surface area contributed by atoms with Crippen LogP contribution in [0, 0.1) is 0 Å². The third kappa shape index (κ3) is 6.82. The molecule has 0 radical (unpaired) electrons. The smallest absolute Gasteiger partial charge is 0.339 e. The molecular weight excluding hydrogens is 613 g/mol. The number of hydrogen-bond acceptors (Lipinski definition) is 8. The highest BCUT2D eigenvalue weighted by Gasteiger charge is 2.43. The molecule has 0 fully saturated rings. The monoisotopic (exact) mass is 633 g/mol. The summed E-state index contributed by atoms with van der Waals surface area (Å²) in [5.74, 6) is -2.18. The second-order valence-electron chi connectivity index (χ2n) is 8.42. The number of amides is 1. The molecule has 1 unspecified atom stereocenters. The molecule has 41 heavy (non-hydrogen) atoms. The summed E-state index contributed by atoms with van der Waals surface area (Å²) in [4.78, 5) is 39.6. The number of benzene rings is 3. The third-order valence-electron chi connectivity index (χ3n) is 5.88. The average Bonchev–Trinajstić information content (AvgIpc) is 3.21. The number of methoxy groups -OCH3 is 2. The number of aliphatic hydroxyl groups is 1. The zero-order chi connectivity index (χ0) is 29.7. The van der Waals surface area contributed by atoms with Gasteiger partial charge in [-0.15, -0.1) is 0 Å². The van der Waals surface area contributed by atoms with Crippen LogP contribution >= 0.6 is 46.6 Å². The Kier molecular flexibility index (Phi) is 9.88. The van der Waals surface area contributed by atoms with Gasteiger partial charge >= 0.3 is 11.9 Å². The summed E-state index contributed by atoms with van der Waals surface area (Å²) < 4.78 is 15.4. The predicted octanol–water partition coefficient (Wildman–Crippen LogP) is 7.19. The number of thioether (sulfide) groups is 1. The number of anilines is 1. The van der Waals surface area contributed by atoms with Crippen molar-refractivity contribution in [2.24, 2.45) is 0 Å². The van der Waals surface area contributed by atoms with Gasteiger partial charge < -0.3 is 19.3 Å². The minimum atomic E-state index is -0.864. The zero-order valence-electron chi connectivity index (χ0n) is 21.6. The fraction of sp³-hybridized carbons (Fsp3) is 0.138. The largest absolute Gasteiger partial charge is 0.502 e. The number of halogens is 3. The molecule has 0 aromatic heterocycles. The number of esters is 2. The van der Waals surface area contributed by atoms with E-state index in [4.69, 9.17) is 44.3 Å². The zero-order valence-corrected chi connectivity index (χ0v) is 24.7. The van der Waals surface area contributed by atoms with Crippen molar-refractivity contribution >= 4 is 70.1 Å². The maximum absolute atomic E-state index is 13.7. The van der Waals surface area contributed by atoms with Crippen LogP contribution in [-0.2, 0) is 19.1 Å². The Hall–Kier alpha value is -3.63. The highest BCUT2D eigenvalue weighted by Crippen LogP contribution is 2.50.